The number of ether oxygens (including phenoxy) is 3. The van der Waals surface area contributed by atoms with Crippen LogP contribution < -0.4 is 5.32 Å². The number of carbonyl (C=O) groups is 4. The number of esters is 3. The summed E-state index contributed by atoms with van der Waals surface area (Å²) in [6.07, 6.45) is 1.49. The molecule has 0 aliphatic heterocycles. The molecule has 0 rings (SSSR count). The molecule has 0 fully saturated rings. The number of amides is 1. The van der Waals surface area contributed by atoms with E-state index >= 15 is 0 Å². The predicted molar refractivity (Wildman–Crippen MR) is 80.1 cm³/mol. The van der Waals surface area contributed by atoms with Gasteiger partial charge in [-0.05, 0) is 6.92 Å². The Balaban J connectivity index is 5.40. The van der Waals surface area contributed by atoms with Crippen LogP contribution in [-0.4, -0.2) is 49.7 Å². The summed E-state index contributed by atoms with van der Waals surface area (Å²) in [7, 11) is 1.15. The number of nitrogens with one attached hydrogen (secondary N) is 1. The second-order valence-corrected chi connectivity index (χ2v) is 4.35. The average molecular weight is 327 g/mol. The third-order valence-corrected chi connectivity index (χ3v) is 2.71. The zero-order chi connectivity index (χ0) is 17.9. The van der Waals surface area contributed by atoms with Gasteiger partial charge >= 0.3 is 17.9 Å². The zero-order valence-electron chi connectivity index (χ0n) is 13.3. The van der Waals surface area contributed by atoms with Gasteiger partial charge in [-0.15, -0.1) is 6.58 Å². The summed E-state index contributed by atoms with van der Waals surface area (Å²) < 4.78 is 14.3. The van der Waals surface area contributed by atoms with E-state index in [1.165, 1.54) is 6.08 Å². The normalized spacial score (nSPS) is 12.3. The van der Waals surface area contributed by atoms with Crippen LogP contribution in [0.4, 0.5) is 0 Å². The van der Waals surface area contributed by atoms with Crippen LogP contribution in [0.5, 0.6) is 0 Å². The first-order chi connectivity index (χ1) is 10.8. The van der Waals surface area contributed by atoms with Crippen molar-refractivity contribution >= 4 is 23.8 Å². The lowest BCUT2D eigenvalue weighted by Gasteiger charge is -2.29. The minimum absolute atomic E-state index is 0.0994. The van der Waals surface area contributed by atoms with Crippen molar-refractivity contribution in [2.75, 3.05) is 20.3 Å². The van der Waals surface area contributed by atoms with Gasteiger partial charge in [0, 0.05) is 12.5 Å². The number of methoxy groups -OCH3 is 1. The van der Waals surface area contributed by atoms with Crippen molar-refractivity contribution in [1.82, 2.24) is 5.32 Å². The second-order valence-electron chi connectivity index (χ2n) is 4.35. The summed E-state index contributed by atoms with van der Waals surface area (Å²) >= 11 is 0. The molecule has 1 amide bonds. The van der Waals surface area contributed by atoms with Crippen LogP contribution in [0.2, 0.25) is 0 Å². The van der Waals surface area contributed by atoms with Crippen molar-refractivity contribution in [2.24, 2.45) is 0 Å². The third kappa shape index (κ3) is 6.77. The van der Waals surface area contributed by atoms with E-state index < -0.39 is 42.4 Å². The maximum absolute atomic E-state index is 12.4. The first-order valence-electron chi connectivity index (χ1n) is 6.82. The minimum Gasteiger partial charge on any atom is -0.468 e. The molecule has 0 radical (unpaired) electrons. The average Bonchev–Trinajstić information content (AvgIpc) is 2.52. The third-order valence-electron chi connectivity index (χ3n) is 2.71. The SMILES string of the molecule is C=CCC(CC(=O)OCC)(OC(=O)C=C)C(=O)NCC(=O)OC. The molecule has 1 unspecified atom stereocenters. The molecule has 0 spiro atoms. The first kappa shape index (κ1) is 20.4. The standard InChI is InChI=1S/C15H21NO7/c1-5-8-15(23-11(17)6-2,9-12(18)22-7-3)14(20)16-10-13(19)21-4/h5-6H,1-2,7-10H2,3-4H3,(H,16,20). The molecule has 0 heterocycles. The Labute approximate surface area is 134 Å². The van der Waals surface area contributed by atoms with E-state index in [1.807, 2.05) is 0 Å². The van der Waals surface area contributed by atoms with Gasteiger partial charge in [-0.2, -0.15) is 0 Å². The fourth-order valence-corrected chi connectivity index (χ4v) is 1.67. The van der Waals surface area contributed by atoms with E-state index in [0.717, 1.165) is 13.2 Å². The Morgan fingerprint density at radius 3 is 2.30 bits per heavy atom. The first-order valence-corrected chi connectivity index (χ1v) is 6.82. The van der Waals surface area contributed by atoms with Crippen molar-refractivity contribution in [3.05, 3.63) is 25.3 Å². The number of rotatable bonds is 10. The van der Waals surface area contributed by atoms with Crippen LogP contribution in [-0.2, 0) is 33.4 Å². The van der Waals surface area contributed by atoms with Crippen LogP contribution in [0.15, 0.2) is 25.3 Å². The highest BCUT2D eigenvalue weighted by molar-refractivity contribution is 5.95. The van der Waals surface area contributed by atoms with E-state index in [-0.39, 0.29) is 13.0 Å². The van der Waals surface area contributed by atoms with Crippen LogP contribution in [0, 0.1) is 0 Å². The maximum atomic E-state index is 12.4. The smallest absolute Gasteiger partial charge is 0.331 e. The van der Waals surface area contributed by atoms with Gasteiger partial charge in [0.15, 0.2) is 0 Å². The summed E-state index contributed by atoms with van der Waals surface area (Å²) in [6.45, 7) is 7.98. The molecule has 0 saturated heterocycles. The molecule has 8 nitrogen and oxygen atoms in total. The summed E-state index contributed by atoms with van der Waals surface area (Å²) in [5, 5.41) is 2.26. The monoisotopic (exact) mass is 327 g/mol. The van der Waals surface area contributed by atoms with Gasteiger partial charge in [0.1, 0.15) is 6.54 Å². The fraction of sp³-hybridized carbons (Fsp3) is 0.467. The fourth-order valence-electron chi connectivity index (χ4n) is 1.67. The van der Waals surface area contributed by atoms with Gasteiger partial charge in [0.2, 0.25) is 5.60 Å². The van der Waals surface area contributed by atoms with Gasteiger partial charge in [0.25, 0.3) is 5.91 Å². The van der Waals surface area contributed by atoms with Crippen LogP contribution in [0.3, 0.4) is 0 Å². The lowest BCUT2D eigenvalue weighted by Crippen LogP contribution is -2.52. The molecule has 0 aliphatic carbocycles. The quantitative estimate of drug-likeness (QED) is 0.265. The minimum atomic E-state index is -1.88. The van der Waals surface area contributed by atoms with Crippen LogP contribution in [0.25, 0.3) is 0 Å². The van der Waals surface area contributed by atoms with Gasteiger partial charge in [-0.3, -0.25) is 14.4 Å². The molecule has 0 bridgehead atoms. The molecular formula is C15H21NO7. The maximum Gasteiger partial charge on any atom is 0.331 e. The lowest BCUT2D eigenvalue weighted by atomic mass is 9.93. The molecule has 0 aromatic rings. The molecule has 1 atom stereocenters. The summed E-state index contributed by atoms with van der Waals surface area (Å²) in [5.41, 5.74) is -1.88. The van der Waals surface area contributed by atoms with Gasteiger partial charge < -0.3 is 19.5 Å². The van der Waals surface area contributed by atoms with Gasteiger partial charge in [-0.25, -0.2) is 4.79 Å². The van der Waals surface area contributed by atoms with E-state index in [4.69, 9.17) is 9.47 Å². The number of carbonyl (C=O) groups excluding carboxylic acids is 4. The zero-order valence-corrected chi connectivity index (χ0v) is 13.3. The van der Waals surface area contributed by atoms with Gasteiger partial charge in [-0.1, -0.05) is 12.7 Å². The van der Waals surface area contributed by atoms with Gasteiger partial charge in [0.05, 0.1) is 20.1 Å². The number of hydrogen-bond acceptors (Lipinski definition) is 7. The largest absolute Gasteiger partial charge is 0.468 e. The highest BCUT2D eigenvalue weighted by Crippen LogP contribution is 2.23. The van der Waals surface area contributed by atoms with E-state index in [2.05, 4.69) is 23.2 Å². The Morgan fingerprint density at radius 2 is 1.83 bits per heavy atom. The molecular weight excluding hydrogens is 306 g/mol. The van der Waals surface area contributed by atoms with Crippen molar-refractivity contribution in [3.63, 3.8) is 0 Å². The molecule has 0 aromatic heterocycles. The Hall–Kier alpha value is -2.64. The highest BCUT2D eigenvalue weighted by atomic mass is 16.6. The van der Waals surface area contributed by atoms with E-state index in [1.54, 1.807) is 6.92 Å². The summed E-state index contributed by atoms with van der Waals surface area (Å²) in [5.74, 6) is -3.17. The molecule has 0 aliphatic rings. The molecule has 23 heavy (non-hydrogen) atoms. The van der Waals surface area contributed by atoms with Crippen LogP contribution >= 0.6 is 0 Å². The molecule has 0 saturated carbocycles. The molecule has 128 valence electrons. The van der Waals surface area contributed by atoms with Crippen LogP contribution in [0.1, 0.15) is 19.8 Å². The second kappa shape index (κ2) is 10.1. The Morgan fingerprint density at radius 1 is 1.17 bits per heavy atom. The van der Waals surface area contributed by atoms with E-state index in [0.29, 0.717) is 0 Å². The lowest BCUT2D eigenvalue weighted by molar-refractivity contribution is -0.171. The molecule has 0 aromatic carbocycles. The highest BCUT2D eigenvalue weighted by Gasteiger charge is 2.44. The summed E-state index contributed by atoms with van der Waals surface area (Å²) in [6, 6.07) is 0. The summed E-state index contributed by atoms with van der Waals surface area (Å²) in [4.78, 5) is 46.8. The predicted octanol–water partition coefficient (Wildman–Crippen LogP) is 0.273. The van der Waals surface area contributed by atoms with Crippen molar-refractivity contribution in [3.8, 4) is 0 Å². The Bertz CT molecular complexity index is 486. The van der Waals surface area contributed by atoms with Crippen molar-refractivity contribution < 1.29 is 33.4 Å². The topological polar surface area (TPSA) is 108 Å². The Kier molecular flexibility index (Phi) is 8.98. The van der Waals surface area contributed by atoms with E-state index in [9.17, 15) is 19.2 Å². The van der Waals surface area contributed by atoms with Crippen molar-refractivity contribution in [1.29, 1.82) is 0 Å². The molecule has 1 N–H and O–H groups in total. The number of hydrogen-bond donors (Lipinski definition) is 1. The molecule has 8 heteroatoms. The van der Waals surface area contributed by atoms with Crippen molar-refractivity contribution in [2.45, 2.75) is 25.4 Å².